The Morgan fingerprint density at radius 1 is 1.35 bits per heavy atom. The molecule has 0 aliphatic rings. The van der Waals surface area contributed by atoms with Gasteiger partial charge in [-0.1, -0.05) is 0 Å². The topological polar surface area (TPSA) is 56.3 Å². The van der Waals surface area contributed by atoms with Crippen molar-refractivity contribution in [1.82, 2.24) is 9.55 Å². The van der Waals surface area contributed by atoms with Crippen molar-refractivity contribution in [2.45, 2.75) is 19.5 Å². The number of hydrogen-bond donors (Lipinski definition) is 1. The summed E-state index contributed by atoms with van der Waals surface area (Å²) < 4.78 is 7.31. The van der Waals surface area contributed by atoms with Gasteiger partial charge in [0.15, 0.2) is 0 Å². The van der Waals surface area contributed by atoms with Gasteiger partial charge in [0.1, 0.15) is 5.75 Å². The quantitative estimate of drug-likeness (QED) is 0.876. The third kappa shape index (κ3) is 2.77. The molecular weight excluding hydrogens is 252 g/mol. The number of likely N-dealkylation sites (N-methyl/N-ethyl adjacent to an activating group) is 1. The van der Waals surface area contributed by atoms with Crippen LogP contribution in [0.3, 0.4) is 0 Å². The Balaban J connectivity index is 2.26. The molecule has 108 valence electrons. The Morgan fingerprint density at radius 2 is 2.05 bits per heavy atom. The van der Waals surface area contributed by atoms with Crippen molar-refractivity contribution in [2.75, 3.05) is 25.6 Å². The molecule has 0 aliphatic carbocycles. The number of imidazole rings is 1. The van der Waals surface area contributed by atoms with Gasteiger partial charge in [0.05, 0.1) is 31.4 Å². The molecule has 0 spiro atoms. The minimum atomic E-state index is 0.103. The molecule has 0 saturated heterocycles. The highest BCUT2D eigenvalue weighted by Crippen LogP contribution is 2.26. The highest BCUT2D eigenvalue weighted by molar-refractivity contribution is 5.50. The van der Waals surface area contributed by atoms with Gasteiger partial charge in [-0.05, 0) is 31.2 Å². The molecule has 2 aromatic rings. The summed E-state index contributed by atoms with van der Waals surface area (Å²) in [5.74, 6) is 0.852. The number of anilines is 1. The van der Waals surface area contributed by atoms with Gasteiger partial charge in [0.25, 0.3) is 0 Å². The Kier molecular flexibility index (Phi) is 4.63. The van der Waals surface area contributed by atoms with Gasteiger partial charge in [0.2, 0.25) is 0 Å². The lowest BCUT2D eigenvalue weighted by Gasteiger charge is -2.29. The lowest BCUT2D eigenvalue weighted by molar-refractivity contribution is 0.415. The first kappa shape index (κ1) is 14.4. The predicted molar refractivity (Wildman–Crippen MR) is 81.1 cm³/mol. The van der Waals surface area contributed by atoms with Gasteiger partial charge in [-0.2, -0.15) is 0 Å². The Labute approximate surface area is 120 Å². The van der Waals surface area contributed by atoms with E-state index in [1.165, 1.54) is 0 Å². The standard InChI is InChI=1S/C15H22N4O/c1-4-19-11-17-10-15(19)14(9-16)18(2)12-5-7-13(20-3)8-6-12/h5-8,10-11,14H,4,9,16H2,1-3H3. The molecule has 0 saturated carbocycles. The third-order valence-electron chi connectivity index (χ3n) is 3.60. The van der Waals surface area contributed by atoms with E-state index in [-0.39, 0.29) is 6.04 Å². The molecule has 2 N–H and O–H groups in total. The minimum Gasteiger partial charge on any atom is -0.497 e. The van der Waals surface area contributed by atoms with E-state index in [0.29, 0.717) is 6.54 Å². The average molecular weight is 274 g/mol. The number of rotatable bonds is 6. The second kappa shape index (κ2) is 6.43. The fourth-order valence-corrected chi connectivity index (χ4v) is 2.35. The summed E-state index contributed by atoms with van der Waals surface area (Å²) in [6.07, 6.45) is 3.74. The molecule has 1 unspecified atom stereocenters. The Morgan fingerprint density at radius 3 is 2.60 bits per heavy atom. The molecule has 0 radical (unpaired) electrons. The van der Waals surface area contributed by atoms with E-state index >= 15 is 0 Å². The molecule has 5 nitrogen and oxygen atoms in total. The number of aromatic nitrogens is 2. The van der Waals surface area contributed by atoms with Gasteiger partial charge in [-0.3, -0.25) is 0 Å². The van der Waals surface area contributed by atoms with E-state index in [4.69, 9.17) is 10.5 Å². The van der Waals surface area contributed by atoms with Crippen LogP contribution in [-0.2, 0) is 6.54 Å². The van der Waals surface area contributed by atoms with Gasteiger partial charge in [-0.25, -0.2) is 4.98 Å². The van der Waals surface area contributed by atoms with Crippen molar-refractivity contribution in [3.05, 3.63) is 42.5 Å². The highest BCUT2D eigenvalue weighted by atomic mass is 16.5. The first-order valence-electron chi connectivity index (χ1n) is 6.78. The van der Waals surface area contributed by atoms with E-state index in [0.717, 1.165) is 23.7 Å². The second-order valence-corrected chi connectivity index (χ2v) is 4.66. The van der Waals surface area contributed by atoms with Gasteiger partial charge in [0, 0.05) is 25.8 Å². The van der Waals surface area contributed by atoms with Crippen LogP contribution < -0.4 is 15.4 Å². The molecule has 0 aliphatic heterocycles. The average Bonchev–Trinajstić information content (AvgIpc) is 2.96. The summed E-state index contributed by atoms with van der Waals surface area (Å²) in [5.41, 5.74) is 8.21. The van der Waals surface area contributed by atoms with Crippen LogP contribution in [0.5, 0.6) is 5.75 Å². The van der Waals surface area contributed by atoms with Crippen LogP contribution in [-0.4, -0.2) is 30.3 Å². The molecule has 0 bridgehead atoms. The SMILES string of the molecule is CCn1cncc1C(CN)N(C)c1ccc(OC)cc1. The highest BCUT2D eigenvalue weighted by Gasteiger charge is 2.19. The maximum atomic E-state index is 5.97. The molecule has 1 aromatic carbocycles. The van der Waals surface area contributed by atoms with E-state index < -0.39 is 0 Å². The molecule has 1 atom stereocenters. The number of benzene rings is 1. The Bertz CT molecular complexity index is 535. The molecule has 2 rings (SSSR count). The minimum absolute atomic E-state index is 0.103. The predicted octanol–water partition coefficient (Wildman–Crippen LogP) is 2.05. The smallest absolute Gasteiger partial charge is 0.119 e. The molecule has 20 heavy (non-hydrogen) atoms. The zero-order valence-corrected chi connectivity index (χ0v) is 12.3. The van der Waals surface area contributed by atoms with Crippen molar-refractivity contribution in [1.29, 1.82) is 0 Å². The van der Waals surface area contributed by atoms with E-state index in [1.807, 2.05) is 43.8 Å². The number of methoxy groups -OCH3 is 1. The summed E-state index contributed by atoms with van der Waals surface area (Å²) in [7, 11) is 3.72. The van der Waals surface area contributed by atoms with E-state index in [1.54, 1.807) is 7.11 Å². The molecule has 1 aromatic heterocycles. The molecule has 0 amide bonds. The number of ether oxygens (including phenoxy) is 1. The second-order valence-electron chi connectivity index (χ2n) is 4.66. The van der Waals surface area contributed by atoms with E-state index in [2.05, 4.69) is 21.4 Å². The maximum absolute atomic E-state index is 5.97. The first-order chi connectivity index (χ1) is 9.71. The van der Waals surface area contributed by atoms with Crippen LogP contribution in [0.15, 0.2) is 36.8 Å². The molecule has 1 heterocycles. The lowest BCUT2D eigenvalue weighted by Crippen LogP contribution is -2.32. The third-order valence-corrected chi connectivity index (χ3v) is 3.60. The van der Waals surface area contributed by atoms with Crippen molar-refractivity contribution >= 4 is 5.69 Å². The fraction of sp³-hybridized carbons (Fsp3) is 0.400. The van der Waals surface area contributed by atoms with Crippen LogP contribution in [0.4, 0.5) is 5.69 Å². The van der Waals surface area contributed by atoms with Crippen LogP contribution in [0.2, 0.25) is 0 Å². The summed E-state index contributed by atoms with van der Waals surface area (Å²) in [5, 5.41) is 0. The summed E-state index contributed by atoms with van der Waals surface area (Å²) in [4.78, 5) is 6.40. The molecule has 0 fully saturated rings. The summed E-state index contributed by atoms with van der Waals surface area (Å²) >= 11 is 0. The van der Waals surface area contributed by atoms with Crippen molar-refractivity contribution in [2.24, 2.45) is 5.73 Å². The van der Waals surface area contributed by atoms with E-state index in [9.17, 15) is 0 Å². The summed E-state index contributed by atoms with van der Waals surface area (Å²) in [6.45, 7) is 3.53. The summed E-state index contributed by atoms with van der Waals surface area (Å²) in [6, 6.07) is 8.08. The number of aryl methyl sites for hydroxylation is 1. The van der Waals surface area contributed by atoms with Gasteiger partial charge < -0.3 is 19.9 Å². The first-order valence-corrected chi connectivity index (χ1v) is 6.78. The van der Waals surface area contributed by atoms with Crippen molar-refractivity contribution in [3.63, 3.8) is 0 Å². The normalized spacial score (nSPS) is 12.2. The van der Waals surface area contributed by atoms with Crippen LogP contribution >= 0.6 is 0 Å². The maximum Gasteiger partial charge on any atom is 0.119 e. The van der Waals surface area contributed by atoms with Crippen molar-refractivity contribution < 1.29 is 4.74 Å². The van der Waals surface area contributed by atoms with Crippen LogP contribution in [0, 0.1) is 0 Å². The lowest BCUT2D eigenvalue weighted by atomic mass is 10.1. The van der Waals surface area contributed by atoms with Crippen LogP contribution in [0.25, 0.3) is 0 Å². The Hall–Kier alpha value is -2.01. The zero-order valence-electron chi connectivity index (χ0n) is 12.3. The number of nitrogens with two attached hydrogens (primary N) is 1. The molecule has 5 heteroatoms. The zero-order chi connectivity index (χ0) is 14.5. The monoisotopic (exact) mass is 274 g/mol. The number of nitrogens with zero attached hydrogens (tertiary/aromatic N) is 3. The van der Waals surface area contributed by atoms with Gasteiger partial charge >= 0.3 is 0 Å². The van der Waals surface area contributed by atoms with Gasteiger partial charge in [-0.15, -0.1) is 0 Å². The molecular formula is C15H22N4O. The fourth-order valence-electron chi connectivity index (χ4n) is 2.35. The number of hydrogen-bond acceptors (Lipinski definition) is 4. The largest absolute Gasteiger partial charge is 0.497 e. The van der Waals surface area contributed by atoms with Crippen molar-refractivity contribution in [3.8, 4) is 5.75 Å². The van der Waals surface area contributed by atoms with Crippen LogP contribution in [0.1, 0.15) is 18.7 Å².